The van der Waals surface area contributed by atoms with Gasteiger partial charge in [-0.3, -0.25) is 14.4 Å². The van der Waals surface area contributed by atoms with Crippen LogP contribution in [0.3, 0.4) is 0 Å². The van der Waals surface area contributed by atoms with Crippen molar-refractivity contribution in [3.63, 3.8) is 0 Å². The van der Waals surface area contributed by atoms with E-state index in [2.05, 4.69) is 93.7 Å². The normalized spacial score (nSPS) is 12.7. The van der Waals surface area contributed by atoms with Crippen LogP contribution in [0.1, 0.15) is 226 Å². The minimum absolute atomic E-state index is 0.0994. The quantitative estimate of drug-likeness (QED) is 0.0264. The first-order chi connectivity index (χ1) is 29.0. The van der Waals surface area contributed by atoms with E-state index in [-0.39, 0.29) is 37.5 Å². The summed E-state index contributed by atoms with van der Waals surface area (Å²) in [6.45, 7) is 6.44. The molecule has 0 fully saturated rings. The summed E-state index contributed by atoms with van der Waals surface area (Å²) in [5.74, 6) is -0.969. The molecular weight excluding hydrogens is 733 g/mol. The van der Waals surface area contributed by atoms with E-state index in [1.165, 1.54) is 96.3 Å². The molecule has 0 saturated heterocycles. The molecule has 0 aliphatic rings. The highest BCUT2D eigenvalue weighted by molar-refractivity contribution is 5.71. The zero-order valence-corrected chi connectivity index (χ0v) is 38.5. The van der Waals surface area contributed by atoms with Crippen molar-refractivity contribution in [2.45, 2.75) is 232 Å². The summed E-state index contributed by atoms with van der Waals surface area (Å²) in [6, 6.07) is 0. The van der Waals surface area contributed by atoms with E-state index in [1.54, 1.807) is 0 Å². The molecule has 0 unspecified atom stereocenters. The molecule has 0 amide bonds. The number of carbonyl (C=O) groups excluding carboxylic acids is 3. The Morgan fingerprint density at radius 1 is 0.356 bits per heavy atom. The summed E-state index contributed by atoms with van der Waals surface area (Å²) in [7, 11) is 0. The van der Waals surface area contributed by atoms with Crippen LogP contribution in [0.25, 0.3) is 0 Å². The van der Waals surface area contributed by atoms with E-state index in [9.17, 15) is 14.4 Å². The fourth-order valence-electron chi connectivity index (χ4n) is 6.53. The number of hydrogen-bond acceptors (Lipinski definition) is 6. The molecule has 0 rings (SSSR count). The van der Waals surface area contributed by atoms with Crippen molar-refractivity contribution in [2.24, 2.45) is 0 Å². The minimum atomic E-state index is -0.805. The molecule has 0 N–H and O–H groups in total. The van der Waals surface area contributed by atoms with Gasteiger partial charge in [0, 0.05) is 19.3 Å². The zero-order valence-electron chi connectivity index (χ0n) is 38.5. The second kappa shape index (κ2) is 47.5. The number of allylic oxidation sites excluding steroid dienone is 12. The molecule has 6 nitrogen and oxygen atoms in total. The Morgan fingerprint density at radius 3 is 1.12 bits per heavy atom. The SMILES string of the molecule is CC/C=C\C/C=C\C/C=C\C/C=C\C/C=C\CCCC(=O)O[C@H](COC(=O)CCCCCCC/C=C\CCCCCC)COC(=O)CCCCCCCCCCCCC. The number of ether oxygens (including phenoxy) is 3. The van der Waals surface area contributed by atoms with E-state index in [1.807, 2.05) is 0 Å². The van der Waals surface area contributed by atoms with Crippen LogP contribution in [0.4, 0.5) is 0 Å². The largest absolute Gasteiger partial charge is 0.462 e. The molecule has 0 bridgehead atoms. The van der Waals surface area contributed by atoms with E-state index < -0.39 is 6.10 Å². The highest BCUT2D eigenvalue weighted by Crippen LogP contribution is 2.14. The van der Waals surface area contributed by atoms with Gasteiger partial charge in [0.15, 0.2) is 6.10 Å². The average Bonchev–Trinajstić information content (AvgIpc) is 3.23. The van der Waals surface area contributed by atoms with Crippen molar-refractivity contribution in [1.29, 1.82) is 0 Å². The lowest BCUT2D eigenvalue weighted by Gasteiger charge is -2.18. The fraction of sp³-hybridized carbons (Fsp3) is 0.717. The lowest BCUT2D eigenvalue weighted by atomic mass is 10.1. The third-order valence-electron chi connectivity index (χ3n) is 10.2. The van der Waals surface area contributed by atoms with Gasteiger partial charge in [-0.2, -0.15) is 0 Å². The van der Waals surface area contributed by atoms with Gasteiger partial charge in [0.1, 0.15) is 13.2 Å². The first-order valence-corrected chi connectivity index (χ1v) is 24.4. The summed E-state index contributed by atoms with van der Waals surface area (Å²) in [4.78, 5) is 37.8. The van der Waals surface area contributed by atoms with E-state index in [0.717, 1.165) is 83.5 Å². The zero-order chi connectivity index (χ0) is 43.0. The van der Waals surface area contributed by atoms with Crippen molar-refractivity contribution in [3.8, 4) is 0 Å². The average molecular weight is 823 g/mol. The maximum atomic E-state index is 12.7. The van der Waals surface area contributed by atoms with Crippen LogP contribution in [0, 0.1) is 0 Å². The third-order valence-corrected chi connectivity index (χ3v) is 10.2. The Kier molecular flexibility index (Phi) is 45.0. The molecular formula is C53H90O6. The lowest BCUT2D eigenvalue weighted by molar-refractivity contribution is -0.167. The highest BCUT2D eigenvalue weighted by Gasteiger charge is 2.19. The second-order valence-corrected chi connectivity index (χ2v) is 16.0. The summed E-state index contributed by atoms with van der Waals surface area (Å²) in [5, 5.41) is 0. The maximum absolute atomic E-state index is 12.7. The van der Waals surface area contributed by atoms with Crippen molar-refractivity contribution in [3.05, 3.63) is 72.9 Å². The van der Waals surface area contributed by atoms with Crippen LogP contribution < -0.4 is 0 Å². The predicted octanol–water partition coefficient (Wildman–Crippen LogP) is 15.9. The van der Waals surface area contributed by atoms with Crippen molar-refractivity contribution >= 4 is 17.9 Å². The minimum Gasteiger partial charge on any atom is -0.462 e. The molecule has 0 aliphatic heterocycles. The number of rotatable bonds is 43. The molecule has 0 aromatic carbocycles. The first-order valence-electron chi connectivity index (χ1n) is 24.4. The number of hydrogen-bond donors (Lipinski definition) is 0. The molecule has 0 saturated carbocycles. The fourth-order valence-corrected chi connectivity index (χ4v) is 6.53. The third kappa shape index (κ3) is 45.8. The Balaban J connectivity index is 4.49. The molecule has 338 valence electrons. The van der Waals surface area contributed by atoms with Crippen LogP contribution in [-0.4, -0.2) is 37.2 Å². The van der Waals surface area contributed by atoms with Gasteiger partial charge in [-0.15, -0.1) is 0 Å². The molecule has 0 aliphatic carbocycles. The second-order valence-electron chi connectivity index (χ2n) is 16.0. The van der Waals surface area contributed by atoms with E-state index >= 15 is 0 Å². The summed E-state index contributed by atoms with van der Waals surface area (Å²) < 4.78 is 16.7. The van der Waals surface area contributed by atoms with Gasteiger partial charge in [-0.25, -0.2) is 0 Å². The molecule has 59 heavy (non-hydrogen) atoms. The summed E-state index contributed by atoms with van der Waals surface area (Å²) >= 11 is 0. The van der Waals surface area contributed by atoms with Gasteiger partial charge in [0.25, 0.3) is 0 Å². The van der Waals surface area contributed by atoms with E-state index in [0.29, 0.717) is 19.3 Å². The maximum Gasteiger partial charge on any atom is 0.306 e. The van der Waals surface area contributed by atoms with E-state index in [4.69, 9.17) is 14.2 Å². The lowest BCUT2D eigenvalue weighted by Crippen LogP contribution is -2.30. The Morgan fingerprint density at radius 2 is 0.678 bits per heavy atom. The van der Waals surface area contributed by atoms with Crippen molar-refractivity contribution in [2.75, 3.05) is 13.2 Å². The van der Waals surface area contributed by atoms with Crippen LogP contribution in [-0.2, 0) is 28.6 Å². The van der Waals surface area contributed by atoms with Crippen LogP contribution in [0.15, 0.2) is 72.9 Å². The Hall–Kier alpha value is -3.15. The van der Waals surface area contributed by atoms with Gasteiger partial charge >= 0.3 is 17.9 Å². The van der Waals surface area contributed by atoms with Gasteiger partial charge in [0.05, 0.1) is 0 Å². The Bertz CT molecular complexity index is 1130. The van der Waals surface area contributed by atoms with Crippen molar-refractivity contribution < 1.29 is 28.6 Å². The summed E-state index contributed by atoms with van der Waals surface area (Å²) in [6.07, 6.45) is 58.9. The Labute approximate surface area is 363 Å². The smallest absolute Gasteiger partial charge is 0.306 e. The van der Waals surface area contributed by atoms with Gasteiger partial charge < -0.3 is 14.2 Å². The van der Waals surface area contributed by atoms with Gasteiger partial charge in [-0.1, -0.05) is 196 Å². The highest BCUT2D eigenvalue weighted by atomic mass is 16.6. The van der Waals surface area contributed by atoms with Gasteiger partial charge in [0.2, 0.25) is 0 Å². The monoisotopic (exact) mass is 823 g/mol. The molecule has 0 spiro atoms. The van der Waals surface area contributed by atoms with Crippen LogP contribution in [0.2, 0.25) is 0 Å². The molecule has 0 aromatic heterocycles. The number of unbranched alkanes of at least 4 members (excludes halogenated alkanes) is 20. The molecule has 1 atom stereocenters. The molecule has 0 heterocycles. The van der Waals surface area contributed by atoms with Crippen LogP contribution >= 0.6 is 0 Å². The molecule has 0 aromatic rings. The van der Waals surface area contributed by atoms with Gasteiger partial charge in [-0.05, 0) is 83.5 Å². The topological polar surface area (TPSA) is 78.9 Å². The predicted molar refractivity (Wildman–Crippen MR) is 251 cm³/mol. The van der Waals surface area contributed by atoms with Crippen molar-refractivity contribution in [1.82, 2.24) is 0 Å². The molecule has 0 radical (unpaired) electrons. The standard InChI is InChI=1S/C53H90O6/c1-4-7-10-13-16-19-22-24-25-26-27-29-32-35-38-41-44-47-53(56)59-50(48-57-51(54)45-42-39-36-33-30-21-18-15-12-9-6-3)49-58-52(55)46-43-40-37-34-31-28-23-20-17-14-11-8-5-2/h7,10,16,19-20,23-25,27,29,35,38,50H,4-6,8-9,11-15,17-18,21-22,26,28,30-34,36-37,39-49H2,1-3H3/b10-7-,19-16-,23-20-,25-24-,29-27-,38-35-/t50-/m0/s1. The number of esters is 3. The first kappa shape index (κ1) is 55.9. The summed E-state index contributed by atoms with van der Waals surface area (Å²) in [5.41, 5.74) is 0. The number of carbonyl (C=O) groups is 3. The van der Waals surface area contributed by atoms with Crippen LogP contribution in [0.5, 0.6) is 0 Å². The molecule has 6 heteroatoms.